The second kappa shape index (κ2) is 4.68. The first kappa shape index (κ1) is 12.4. The average Bonchev–Trinajstić information content (AvgIpc) is 2.63. The van der Waals surface area contributed by atoms with Crippen LogP contribution in [0.5, 0.6) is 0 Å². The molecule has 1 N–H and O–H groups in total. The van der Waals surface area contributed by atoms with Crippen molar-refractivity contribution in [3.05, 3.63) is 56.5 Å². The summed E-state index contributed by atoms with van der Waals surface area (Å²) in [5.41, 5.74) is -0.579. The van der Waals surface area contributed by atoms with Crippen molar-refractivity contribution in [1.29, 1.82) is 0 Å². The first-order chi connectivity index (χ1) is 7.99. The van der Waals surface area contributed by atoms with Gasteiger partial charge in [-0.15, -0.1) is 11.3 Å². The van der Waals surface area contributed by atoms with Gasteiger partial charge in [-0.1, -0.05) is 11.6 Å². The summed E-state index contributed by atoms with van der Waals surface area (Å²) in [5.74, 6) is -3.28. The molecule has 1 heterocycles. The Kier molecular flexibility index (Phi) is 3.42. The van der Waals surface area contributed by atoms with E-state index in [0.29, 0.717) is 21.3 Å². The Balaban J connectivity index is 2.47. The lowest BCUT2D eigenvalue weighted by Gasteiger charge is -2.11. The van der Waals surface area contributed by atoms with E-state index in [1.807, 2.05) is 0 Å². The molecule has 1 unspecified atom stereocenters. The van der Waals surface area contributed by atoms with Crippen LogP contribution in [0.25, 0.3) is 0 Å². The average molecular weight is 279 g/mol. The van der Waals surface area contributed by atoms with Gasteiger partial charge < -0.3 is 5.11 Å². The van der Waals surface area contributed by atoms with E-state index in [9.17, 15) is 18.3 Å². The fraction of sp³-hybridized carbons (Fsp3) is 0.0909. The molecule has 2 aromatic rings. The van der Waals surface area contributed by atoms with Crippen LogP contribution >= 0.6 is 22.9 Å². The van der Waals surface area contributed by atoms with Crippen LogP contribution in [0.3, 0.4) is 0 Å². The van der Waals surface area contributed by atoms with E-state index < -0.39 is 29.1 Å². The van der Waals surface area contributed by atoms with Crippen molar-refractivity contribution in [3.8, 4) is 0 Å². The molecule has 1 aromatic carbocycles. The van der Waals surface area contributed by atoms with Crippen molar-refractivity contribution in [3.63, 3.8) is 0 Å². The third kappa shape index (κ3) is 2.46. The normalized spacial score (nSPS) is 12.8. The van der Waals surface area contributed by atoms with Gasteiger partial charge in [-0.3, -0.25) is 0 Å². The Labute approximate surface area is 104 Å². The number of aliphatic hydroxyl groups excluding tert-OH is 1. The molecule has 2 rings (SSSR count). The maximum atomic E-state index is 13.4. The van der Waals surface area contributed by atoms with Gasteiger partial charge in [0, 0.05) is 17.0 Å². The second-order valence-corrected chi connectivity index (χ2v) is 5.07. The van der Waals surface area contributed by atoms with Crippen LogP contribution in [0.4, 0.5) is 13.2 Å². The molecule has 0 aliphatic rings. The standard InChI is InChI=1S/C11H6ClF3OS/c12-9-2-1-8(17-9)11(16)10-6(14)3-5(13)4-7(10)15/h1-4,11,16H. The van der Waals surface area contributed by atoms with Crippen molar-refractivity contribution in [1.82, 2.24) is 0 Å². The number of aliphatic hydroxyl groups is 1. The Morgan fingerprint density at radius 2 is 1.71 bits per heavy atom. The van der Waals surface area contributed by atoms with Crippen molar-refractivity contribution in [2.24, 2.45) is 0 Å². The Hall–Kier alpha value is -1.04. The summed E-state index contributed by atoms with van der Waals surface area (Å²) >= 11 is 6.66. The van der Waals surface area contributed by atoms with E-state index in [2.05, 4.69) is 0 Å². The number of halogens is 4. The van der Waals surface area contributed by atoms with Crippen LogP contribution in [-0.4, -0.2) is 5.11 Å². The lowest BCUT2D eigenvalue weighted by atomic mass is 10.1. The predicted octanol–water partition coefficient (Wildman–Crippen LogP) is 3.90. The zero-order valence-corrected chi connectivity index (χ0v) is 9.83. The van der Waals surface area contributed by atoms with E-state index in [-0.39, 0.29) is 0 Å². The molecule has 1 nitrogen and oxygen atoms in total. The van der Waals surface area contributed by atoms with E-state index in [4.69, 9.17) is 11.6 Å². The third-order valence-corrected chi connectivity index (χ3v) is 3.46. The molecule has 6 heteroatoms. The van der Waals surface area contributed by atoms with Crippen molar-refractivity contribution in [2.45, 2.75) is 6.10 Å². The van der Waals surface area contributed by atoms with Crippen LogP contribution in [0.1, 0.15) is 16.5 Å². The van der Waals surface area contributed by atoms with Crippen LogP contribution in [0.15, 0.2) is 24.3 Å². The van der Waals surface area contributed by atoms with Gasteiger partial charge in [0.05, 0.1) is 9.90 Å². The number of benzene rings is 1. The maximum absolute atomic E-state index is 13.4. The largest absolute Gasteiger partial charge is 0.383 e. The molecule has 1 atom stereocenters. The zero-order chi connectivity index (χ0) is 12.6. The molecule has 0 amide bonds. The molecule has 0 saturated heterocycles. The molecule has 17 heavy (non-hydrogen) atoms. The third-order valence-electron chi connectivity index (χ3n) is 2.18. The highest BCUT2D eigenvalue weighted by molar-refractivity contribution is 7.16. The summed E-state index contributed by atoms with van der Waals surface area (Å²) in [6.45, 7) is 0. The zero-order valence-electron chi connectivity index (χ0n) is 8.25. The van der Waals surface area contributed by atoms with E-state index in [1.165, 1.54) is 12.1 Å². The van der Waals surface area contributed by atoms with Gasteiger partial charge in [-0.25, -0.2) is 13.2 Å². The number of hydrogen-bond acceptors (Lipinski definition) is 2. The van der Waals surface area contributed by atoms with E-state index in [1.54, 1.807) is 0 Å². The predicted molar refractivity (Wildman–Crippen MR) is 59.7 cm³/mol. The summed E-state index contributed by atoms with van der Waals surface area (Å²) in [6.07, 6.45) is -1.49. The number of thiophene rings is 1. The second-order valence-electron chi connectivity index (χ2n) is 3.33. The number of hydrogen-bond donors (Lipinski definition) is 1. The number of rotatable bonds is 2. The topological polar surface area (TPSA) is 20.2 Å². The molecule has 1 aromatic heterocycles. The van der Waals surface area contributed by atoms with Crippen molar-refractivity contribution < 1.29 is 18.3 Å². The first-order valence-corrected chi connectivity index (χ1v) is 5.76. The van der Waals surface area contributed by atoms with Crippen LogP contribution in [-0.2, 0) is 0 Å². The molecular weight excluding hydrogens is 273 g/mol. The van der Waals surface area contributed by atoms with Crippen molar-refractivity contribution >= 4 is 22.9 Å². The molecular formula is C11H6ClF3OS. The highest BCUT2D eigenvalue weighted by Gasteiger charge is 2.22. The van der Waals surface area contributed by atoms with Gasteiger partial charge in [0.15, 0.2) is 0 Å². The lowest BCUT2D eigenvalue weighted by molar-refractivity contribution is 0.212. The monoisotopic (exact) mass is 278 g/mol. The van der Waals surface area contributed by atoms with Crippen LogP contribution in [0.2, 0.25) is 4.34 Å². The van der Waals surface area contributed by atoms with E-state index in [0.717, 1.165) is 11.3 Å². The summed E-state index contributed by atoms with van der Waals surface area (Å²) < 4.78 is 39.9. The molecule has 0 aliphatic carbocycles. The SMILES string of the molecule is OC(c1ccc(Cl)s1)c1c(F)cc(F)cc1F. The smallest absolute Gasteiger partial charge is 0.135 e. The highest BCUT2D eigenvalue weighted by Crippen LogP contribution is 2.33. The van der Waals surface area contributed by atoms with Crippen LogP contribution < -0.4 is 0 Å². The van der Waals surface area contributed by atoms with Gasteiger partial charge in [-0.2, -0.15) is 0 Å². The molecule has 0 aliphatic heterocycles. The fourth-order valence-corrected chi connectivity index (χ4v) is 2.49. The Morgan fingerprint density at radius 1 is 1.12 bits per heavy atom. The summed E-state index contributed by atoms with van der Waals surface area (Å²) in [5, 5.41) is 9.81. The minimum Gasteiger partial charge on any atom is -0.383 e. The van der Waals surface area contributed by atoms with Crippen molar-refractivity contribution in [2.75, 3.05) is 0 Å². The van der Waals surface area contributed by atoms with Gasteiger partial charge in [0.25, 0.3) is 0 Å². The molecule has 0 radical (unpaired) electrons. The molecule has 0 saturated carbocycles. The van der Waals surface area contributed by atoms with E-state index >= 15 is 0 Å². The molecule has 90 valence electrons. The highest BCUT2D eigenvalue weighted by atomic mass is 35.5. The summed E-state index contributed by atoms with van der Waals surface area (Å²) in [6, 6.07) is 4.01. The summed E-state index contributed by atoms with van der Waals surface area (Å²) in [7, 11) is 0. The minimum absolute atomic E-state index is 0.291. The Morgan fingerprint density at radius 3 is 2.18 bits per heavy atom. The Bertz CT molecular complexity index is 532. The molecule has 0 bridgehead atoms. The van der Waals surface area contributed by atoms with Gasteiger partial charge >= 0.3 is 0 Å². The summed E-state index contributed by atoms with van der Waals surface area (Å²) in [4.78, 5) is 0.291. The van der Waals surface area contributed by atoms with Gasteiger partial charge in [-0.05, 0) is 12.1 Å². The minimum atomic E-state index is -1.49. The lowest BCUT2D eigenvalue weighted by Crippen LogP contribution is -2.05. The van der Waals surface area contributed by atoms with Crippen LogP contribution in [0, 0.1) is 17.5 Å². The first-order valence-electron chi connectivity index (χ1n) is 4.57. The van der Waals surface area contributed by atoms with Gasteiger partial charge in [0.1, 0.15) is 23.6 Å². The molecule has 0 spiro atoms. The fourth-order valence-electron chi connectivity index (χ4n) is 1.43. The van der Waals surface area contributed by atoms with Gasteiger partial charge in [0.2, 0.25) is 0 Å². The molecule has 0 fully saturated rings. The quantitative estimate of drug-likeness (QED) is 0.883. The maximum Gasteiger partial charge on any atom is 0.135 e.